The van der Waals surface area contributed by atoms with Gasteiger partial charge in [-0.05, 0) is 52.4 Å². The van der Waals surface area contributed by atoms with Crippen LogP contribution < -0.4 is 0 Å². The van der Waals surface area contributed by atoms with Crippen molar-refractivity contribution < 1.29 is 13.2 Å². The zero-order valence-electron chi connectivity index (χ0n) is 14.8. The molecule has 0 N–H and O–H groups in total. The Morgan fingerprint density at radius 2 is 1.30 bits per heavy atom. The highest BCUT2D eigenvalue weighted by Crippen LogP contribution is 2.34. The first-order chi connectivity index (χ1) is 10.6. The fraction of sp³-hybridized carbons (Fsp3) is 0.941. The Kier molecular flexibility index (Phi) is 5.52. The molecule has 0 unspecified atom stereocenters. The fourth-order valence-electron chi connectivity index (χ4n) is 3.26. The topological polar surface area (TPSA) is 18.8 Å². The Balaban J connectivity index is 2.09. The van der Waals surface area contributed by atoms with Crippen LogP contribution in [0.3, 0.4) is 0 Å². The van der Waals surface area contributed by atoms with E-state index in [1.165, 1.54) is 0 Å². The fourth-order valence-corrected chi connectivity index (χ4v) is 3.26. The number of hydrogen-bond acceptors (Lipinski definition) is 1. The van der Waals surface area contributed by atoms with Crippen molar-refractivity contribution in [3.63, 3.8) is 0 Å². The van der Waals surface area contributed by atoms with E-state index in [4.69, 9.17) is 4.99 Å². The van der Waals surface area contributed by atoms with Crippen LogP contribution in [0.2, 0.25) is 0 Å². The summed E-state index contributed by atoms with van der Waals surface area (Å²) in [6, 6.07) is 0. The van der Waals surface area contributed by atoms with Gasteiger partial charge in [0, 0.05) is 26.2 Å². The minimum Gasteiger partial charge on any atom is -0.343 e. The monoisotopic (exact) mass is 333 g/mol. The molecule has 2 aliphatic rings. The Bertz CT molecular complexity index is 410. The van der Waals surface area contributed by atoms with Gasteiger partial charge in [0.25, 0.3) is 0 Å². The van der Waals surface area contributed by atoms with Gasteiger partial charge in [-0.2, -0.15) is 13.2 Å². The third kappa shape index (κ3) is 5.28. The molecule has 2 fully saturated rings. The second kappa shape index (κ2) is 6.89. The van der Waals surface area contributed by atoms with Gasteiger partial charge in [-0.15, -0.1) is 0 Å². The summed E-state index contributed by atoms with van der Waals surface area (Å²) in [4.78, 5) is 9.21. The maximum atomic E-state index is 12.9. The van der Waals surface area contributed by atoms with E-state index in [1.54, 1.807) is 0 Å². The lowest BCUT2D eigenvalue weighted by molar-refractivity contribution is -0.183. The molecule has 0 amide bonds. The number of likely N-dealkylation sites (tertiary alicyclic amines) is 2. The summed E-state index contributed by atoms with van der Waals surface area (Å²) in [5, 5.41) is 0. The third-order valence-electron chi connectivity index (χ3n) is 4.74. The third-order valence-corrected chi connectivity index (χ3v) is 4.74. The predicted molar refractivity (Wildman–Crippen MR) is 87.5 cm³/mol. The molecule has 0 atom stereocenters. The minimum atomic E-state index is -4.06. The van der Waals surface area contributed by atoms with E-state index in [9.17, 15) is 13.2 Å². The van der Waals surface area contributed by atoms with Gasteiger partial charge in [0.05, 0.1) is 11.5 Å². The SMILES string of the molecule is CC1CCN(/C(=N\C(C)(C)C)N2CCC(C(F)(F)F)CC2)CC1. The van der Waals surface area contributed by atoms with Crippen molar-refractivity contribution >= 4 is 5.96 Å². The molecule has 2 rings (SSSR count). The van der Waals surface area contributed by atoms with Crippen molar-refractivity contribution in [1.29, 1.82) is 0 Å². The molecule has 0 radical (unpaired) electrons. The molecule has 0 aromatic heterocycles. The number of nitrogens with zero attached hydrogens (tertiary/aromatic N) is 3. The van der Waals surface area contributed by atoms with Crippen LogP contribution in [0.1, 0.15) is 53.4 Å². The highest BCUT2D eigenvalue weighted by molar-refractivity contribution is 5.80. The number of piperidine rings is 2. The normalized spacial score (nSPS) is 23.5. The van der Waals surface area contributed by atoms with Gasteiger partial charge in [-0.1, -0.05) is 6.92 Å². The van der Waals surface area contributed by atoms with Crippen molar-refractivity contribution in [1.82, 2.24) is 9.80 Å². The molecule has 2 aliphatic heterocycles. The van der Waals surface area contributed by atoms with Gasteiger partial charge in [-0.3, -0.25) is 0 Å². The van der Waals surface area contributed by atoms with E-state index in [1.807, 2.05) is 20.8 Å². The zero-order chi connectivity index (χ0) is 17.3. The Hall–Kier alpha value is -0.940. The highest BCUT2D eigenvalue weighted by atomic mass is 19.4. The molecule has 2 saturated heterocycles. The van der Waals surface area contributed by atoms with Crippen LogP contribution in [0.25, 0.3) is 0 Å². The number of rotatable bonds is 0. The molecule has 0 spiro atoms. The maximum absolute atomic E-state index is 12.9. The standard InChI is InChI=1S/C17H30F3N3/c1-13-5-9-22(10-6-13)15(21-16(2,3)4)23-11-7-14(8-12-23)17(18,19)20/h13-14H,5-12H2,1-4H3/b21-15+. The molecule has 0 bridgehead atoms. The van der Waals surface area contributed by atoms with Crippen molar-refractivity contribution in [2.45, 2.75) is 65.1 Å². The Labute approximate surface area is 137 Å². The number of hydrogen-bond donors (Lipinski definition) is 0. The minimum absolute atomic E-state index is 0.177. The van der Waals surface area contributed by atoms with Crippen LogP contribution >= 0.6 is 0 Å². The van der Waals surface area contributed by atoms with Crippen molar-refractivity contribution in [3.05, 3.63) is 0 Å². The number of alkyl halides is 3. The summed E-state index contributed by atoms with van der Waals surface area (Å²) in [5.41, 5.74) is -0.223. The average Bonchev–Trinajstić information content (AvgIpc) is 2.44. The van der Waals surface area contributed by atoms with E-state index >= 15 is 0 Å². The van der Waals surface area contributed by atoms with Crippen molar-refractivity contribution in [2.24, 2.45) is 16.8 Å². The van der Waals surface area contributed by atoms with E-state index in [0.29, 0.717) is 13.1 Å². The van der Waals surface area contributed by atoms with Crippen LogP contribution in [0.15, 0.2) is 4.99 Å². The van der Waals surface area contributed by atoms with Gasteiger partial charge < -0.3 is 9.80 Å². The molecule has 0 saturated carbocycles. The van der Waals surface area contributed by atoms with E-state index in [-0.39, 0.29) is 18.4 Å². The van der Waals surface area contributed by atoms with Gasteiger partial charge >= 0.3 is 6.18 Å². The summed E-state index contributed by atoms with van der Waals surface area (Å²) in [6.07, 6.45) is -1.45. The predicted octanol–water partition coefficient (Wildman–Crippen LogP) is 4.15. The highest BCUT2D eigenvalue weighted by Gasteiger charge is 2.42. The molecule has 6 heteroatoms. The summed E-state index contributed by atoms with van der Waals surface area (Å²) in [6.45, 7) is 11.2. The zero-order valence-corrected chi connectivity index (χ0v) is 14.8. The second-order valence-electron chi connectivity index (χ2n) is 8.06. The Morgan fingerprint density at radius 1 is 0.870 bits per heavy atom. The number of guanidine groups is 1. The molecule has 0 aromatic rings. The summed E-state index contributed by atoms with van der Waals surface area (Å²) in [5.74, 6) is 0.471. The van der Waals surface area contributed by atoms with Crippen LogP contribution in [0, 0.1) is 11.8 Å². The van der Waals surface area contributed by atoms with Crippen LogP contribution in [0.4, 0.5) is 13.2 Å². The number of aliphatic imine (C=N–C) groups is 1. The van der Waals surface area contributed by atoms with Gasteiger partial charge in [-0.25, -0.2) is 4.99 Å². The largest absolute Gasteiger partial charge is 0.391 e. The number of halogens is 3. The molecule has 2 heterocycles. The van der Waals surface area contributed by atoms with Crippen molar-refractivity contribution in [2.75, 3.05) is 26.2 Å². The lowest BCUT2D eigenvalue weighted by Gasteiger charge is -2.42. The van der Waals surface area contributed by atoms with E-state index < -0.39 is 12.1 Å². The van der Waals surface area contributed by atoms with Gasteiger partial charge in [0.1, 0.15) is 0 Å². The van der Waals surface area contributed by atoms with Crippen LogP contribution in [0.5, 0.6) is 0 Å². The van der Waals surface area contributed by atoms with Crippen LogP contribution in [-0.2, 0) is 0 Å². The lowest BCUT2D eigenvalue weighted by Crippen LogP contribution is -2.52. The summed E-state index contributed by atoms with van der Waals surface area (Å²) >= 11 is 0. The van der Waals surface area contributed by atoms with Gasteiger partial charge in [0.15, 0.2) is 5.96 Å². The first-order valence-electron chi connectivity index (χ1n) is 8.73. The average molecular weight is 333 g/mol. The van der Waals surface area contributed by atoms with Crippen molar-refractivity contribution in [3.8, 4) is 0 Å². The molecule has 23 heavy (non-hydrogen) atoms. The lowest BCUT2D eigenvalue weighted by atomic mass is 9.96. The molecular weight excluding hydrogens is 303 g/mol. The molecular formula is C17H30F3N3. The smallest absolute Gasteiger partial charge is 0.343 e. The summed E-state index contributed by atoms with van der Waals surface area (Å²) < 4.78 is 38.6. The van der Waals surface area contributed by atoms with Crippen LogP contribution in [-0.4, -0.2) is 53.7 Å². The summed E-state index contributed by atoms with van der Waals surface area (Å²) in [7, 11) is 0. The maximum Gasteiger partial charge on any atom is 0.391 e. The second-order valence-corrected chi connectivity index (χ2v) is 8.06. The molecule has 3 nitrogen and oxygen atoms in total. The molecule has 0 aliphatic carbocycles. The van der Waals surface area contributed by atoms with E-state index in [2.05, 4.69) is 16.7 Å². The molecule has 0 aromatic carbocycles. The van der Waals surface area contributed by atoms with E-state index in [0.717, 1.165) is 37.8 Å². The quantitative estimate of drug-likeness (QED) is 0.490. The first-order valence-corrected chi connectivity index (χ1v) is 8.73. The molecule has 134 valence electrons. The first kappa shape index (κ1) is 18.4. The Morgan fingerprint density at radius 3 is 1.70 bits per heavy atom. The van der Waals surface area contributed by atoms with Gasteiger partial charge in [0.2, 0.25) is 0 Å².